The van der Waals surface area contributed by atoms with E-state index in [1.807, 2.05) is 6.92 Å². The second-order valence-electron chi connectivity index (χ2n) is 6.88. The maximum absolute atomic E-state index is 12.8. The van der Waals surface area contributed by atoms with E-state index in [4.69, 9.17) is 9.84 Å². The number of aliphatic hydroxyl groups is 1. The van der Waals surface area contributed by atoms with Crippen LogP contribution in [0.4, 0.5) is 0 Å². The number of hydrogen-bond donors (Lipinski definition) is 5. The highest BCUT2D eigenvalue weighted by atomic mass is 16.5. The molecule has 0 aliphatic rings. The molecule has 2 amide bonds. The fourth-order valence-corrected chi connectivity index (χ4v) is 3.20. The van der Waals surface area contributed by atoms with Crippen LogP contribution in [0, 0.1) is 0 Å². The summed E-state index contributed by atoms with van der Waals surface area (Å²) in [5.41, 5.74) is -0.686. The van der Waals surface area contributed by atoms with Gasteiger partial charge in [0.1, 0.15) is 0 Å². The summed E-state index contributed by atoms with van der Waals surface area (Å²) >= 11 is 0. The van der Waals surface area contributed by atoms with Crippen molar-refractivity contribution in [1.29, 1.82) is 0 Å². The average Bonchev–Trinajstić information content (AvgIpc) is 2.77. The lowest BCUT2D eigenvalue weighted by Crippen LogP contribution is -2.29. The zero-order valence-corrected chi connectivity index (χ0v) is 17.6. The van der Waals surface area contributed by atoms with Crippen molar-refractivity contribution in [2.24, 2.45) is 0 Å². The summed E-state index contributed by atoms with van der Waals surface area (Å²) in [6.07, 6.45) is 1.56. The number of ether oxygens (including phenoxy) is 1. The Kier molecular flexibility index (Phi) is 9.11. The molecule has 0 saturated carbocycles. The summed E-state index contributed by atoms with van der Waals surface area (Å²) in [6.45, 7) is 2.46. The highest BCUT2D eigenvalue weighted by molar-refractivity contribution is 6.23. The van der Waals surface area contributed by atoms with Crippen molar-refractivity contribution in [3.05, 3.63) is 46.5 Å². The number of carbonyl (C=O) groups excluding carboxylic acids is 2. The number of benzene rings is 2. The van der Waals surface area contributed by atoms with Gasteiger partial charge in [0.05, 0.1) is 30.9 Å². The normalized spacial score (nSPS) is 10.7. The molecule has 172 valence electrons. The number of amides is 2. The number of aromatic carboxylic acids is 2. The van der Waals surface area contributed by atoms with Gasteiger partial charge in [0.15, 0.2) is 0 Å². The third-order valence-electron chi connectivity index (χ3n) is 4.69. The van der Waals surface area contributed by atoms with E-state index in [0.29, 0.717) is 13.0 Å². The van der Waals surface area contributed by atoms with Gasteiger partial charge >= 0.3 is 11.9 Å². The van der Waals surface area contributed by atoms with Gasteiger partial charge in [-0.15, -0.1) is 0 Å². The third kappa shape index (κ3) is 5.80. The predicted octanol–water partition coefficient (Wildman–Crippen LogP) is 1.50. The van der Waals surface area contributed by atoms with Crippen molar-refractivity contribution >= 4 is 34.5 Å². The van der Waals surface area contributed by atoms with E-state index in [0.717, 1.165) is 18.6 Å². The van der Waals surface area contributed by atoms with Crippen LogP contribution in [0.5, 0.6) is 0 Å². The van der Waals surface area contributed by atoms with Crippen LogP contribution in [0.2, 0.25) is 0 Å². The molecule has 2 aromatic carbocycles. The summed E-state index contributed by atoms with van der Waals surface area (Å²) in [4.78, 5) is 49.3. The fourth-order valence-electron chi connectivity index (χ4n) is 3.20. The molecule has 10 nitrogen and oxygen atoms in total. The zero-order chi connectivity index (χ0) is 23.7. The molecule has 0 heterocycles. The Morgan fingerprint density at radius 1 is 0.781 bits per heavy atom. The van der Waals surface area contributed by atoms with Gasteiger partial charge in [-0.3, -0.25) is 9.59 Å². The standard InChI is InChI=1S/C22H26N2O8/c1-2-3-8-23-19(26)13-4-5-14(20(27)24-9-11-32-12-10-25)18-16(22(30)31)7-6-15(17(13)18)21(28)29/h4-7,25H,2-3,8-12H2,1H3,(H,23,26)(H,24,27)(H,28,29)(H,30,31). The van der Waals surface area contributed by atoms with Gasteiger partial charge in [-0.1, -0.05) is 13.3 Å². The molecule has 0 spiro atoms. The highest BCUT2D eigenvalue weighted by Crippen LogP contribution is 2.30. The van der Waals surface area contributed by atoms with E-state index in [1.165, 1.54) is 12.1 Å². The molecule has 0 bridgehead atoms. The molecule has 0 aliphatic carbocycles. The van der Waals surface area contributed by atoms with Gasteiger partial charge < -0.3 is 30.7 Å². The SMILES string of the molecule is CCCCNC(=O)c1ccc(C(=O)NCCOCCO)c2c(C(=O)O)ccc(C(=O)O)c12. The number of carbonyl (C=O) groups is 4. The van der Waals surface area contributed by atoms with Gasteiger partial charge in [-0.2, -0.15) is 0 Å². The minimum Gasteiger partial charge on any atom is -0.478 e. The van der Waals surface area contributed by atoms with Crippen molar-refractivity contribution < 1.29 is 39.2 Å². The summed E-state index contributed by atoms with van der Waals surface area (Å²) in [7, 11) is 0. The lowest BCUT2D eigenvalue weighted by molar-refractivity contribution is 0.0684. The van der Waals surface area contributed by atoms with Crippen molar-refractivity contribution in [1.82, 2.24) is 10.6 Å². The quantitative estimate of drug-likeness (QED) is 0.306. The topological polar surface area (TPSA) is 162 Å². The summed E-state index contributed by atoms with van der Waals surface area (Å²) < 4.78 is 5.08. The minimum absolute atomic E-state index is 0.0283. The Balaban J connectivity index is 2.61. The van der Waals surface area contributed by atoms with E-state index in [2.05, 4.69) is 10.6 Å². The van der Waals surface area contributed by atoms with Crippen molar-refractivity contribution in [3.8, 4) is 0 Å². The van der Waals surface area contributed by atoms with Crippen molar-refractivity contribution in [2.45, 2.75) is 19.8 Å². The third-order valence-corrected chi connectivity index (χ3v) is 4.69. The molecule has 5 N–H and O–H groups in total. The van der Waals surface area contributed by atoms with Crippen LogP contribution in [-0.4, -0.2) is 72.0 Å². The number of rotatable bonds is 12. The monoisotopic (exact) mass is 446 g/mol. The first-order valence-electron chi connectivity index (χ1n) is 10.1. The first-order chi connectivity index (χ1) is 15.3. The first-order valence-corrected chi connectivity index (χ1v) is 10.1. The van der Waals surface area contributed by atoms with Gasteiger partial charge in [-0.05, 0) is 30.7 Å². The van der Waals surface area contributed by atoms with Crippen LogP contribution in [0.25, 0.3) is 10.8 Å². The maximum atomic E-state index is 12.8. The molecule has 0 unspecified atom stereocenters. The van der Waals surface area contributed by atoms with Crippen molar-refractivity contribution in [2.75, 3.05) is 32.9 Å². The molecule has 2 rings (SSSR count). The Bertz CT molecular complexity index is 1020. The Hall–Kier alpha value is -3.50. The number of carboxylic acids is 2. The number of carboxylic acid groups (broad SMARTS) is 2. The van der Waals surface area contributed by atoms with E-state index < -0.39 is 23.8 Å². The number of fused-ring (bicyclic) bond motifs is 1. The van der Waals surface area contributed by atoms with Gasteiger partial charge in [0, 0.05) is 35.0 Å². The van der Waals surface area contributed by atoms with Crippen LogP contribution in [0.3, 0.4) is 0 Å². The molecule has 0 aliphatic heterocycles. The molecular weight excluding hydrogens is 420 g/mol. The molecule has 0 fully saturated rings. The van der Waals surface area contributed by atoms with Crippen LogP contribution in [-0.2, 0) is 4.74 Å². The number of aliphatic hydroxyl groups excluding tert-OH is 1. The second kappa shape index (κ2) is 11.8. The Labute approximate surface area is 184 Å². The molecule has 0 aromatic heterocycles. The molecule has 10 heteroatoms. The molecule has 0 radical (unpaired) electrons. The Morgan fingerprint density at radius 3 is 1.69 bits per heavy atom. The van der Waals surface area contributed by atoms with Crippen LogP contribution >= 0.6 is 0 Å². The summed E-state index contributed by atoms with van der Waals surface area (Å²) in [6, 6.07) is 4.84. The molecule has 0 atom stereocenters. The molecule has 32 heavy (non-hydrogen) atoms. The van der Waals surface area contributed by atoms with Gasteiger partial charge in [0.2, 0.25) is 0 Å². The number of hydrogen-bond acceptors (Lipinski definition) is 6. The van der Waals surface area contributed by atoms with E-state index >= 15 is 0 Å². The smallest absolute Gasteiger partial charge is 0.336 e. The summed E-state index contributed by atoms with van der Waals surface area (Å²) in [5, 5.41) is 33.1. The van der Waals surface area contributed by atoms with Gasteiger partial charge in [0.25, 0.3) is 11.8 Å². The average molecular weight is 446 g/mol. The summed E-state index contributed by atoms with van der Waals surface area (Å²) in [5.74, 6) is -3.93. The lowest BCUT2D eigenvalue weighted by atomic mass is 9.91. The number of nitrogens with one attached hydrogen (secondary N) is 2. The molecular formula is C22H26N2O8. The number of unbranched alkanes of at least 4 members (excludes halogenated alkanes) is 1. The van der Waals surface area contributed by atoms with E-state index in [-0.39, 0.29) is 59.4 Å². The van der Waals surface area contributed by atoms with Crippen LogP contribution < -0.4 is 10.6 Å². The second-order valence-corrected chi connectivity index (χ2v) is 6.88. The molecule has 2 aromatic rings. The molecule has 0 saturated heterocycles. The zero-order valence-electron chi connectivity index (χ0n) is 17.6. The van der Waals surface area contributed by atoms with E-state index in [1.54, 1.807) is 0 Å². The highest BCUT2D eigenvalue weighted by Gasteiger charge is 2.25. The van der Waals surface area contributed by atoms with Crippen molar-refractivity contribution in [3.63, 3.8) is 0 Å². The maximum Gasteiger partial charge on any atom is 0.336 e. The van der Waals surface area contributed by atoms with Gasteiger partial charge in [-0.25, -0.2) is 9.59 Å². The Morgan fingerprint density at radius 2 is 1.25 bits per heavy atom. The fraction of sp³-hybridized carbons (Fsp3) is 0.364. The van der Waals surface area contributed by atoms with Crippen LogP contribution in [0.1, 0.15) is 61.2 Å². The van der Waals surface area contributed by atoms with E-state index in [9.17, 15) is 29.4 Å². The lowest BCUT2D eigenvalue weighted by Gasteiger charge is -2.16. The largest absolute Gasteiger partial charge is 0.478 e. The minimum atomic E-state index is -1.36. The predicted molar refractivity (Wildman–Crippen MR) is 115 cm³/mol. The first kappa shape index (κ1) is 24.8. The van der Waals surface area contributed by atoms with Crippen LogP contribution in [0.15, 0.2) is 24.3 Å².